The van der Waals surface area contributed by atoms with Crippen LogP contribution in [0.4, 0.5) is 13.2 Å². The predicted octanol–water partition coefficient (Wildman–Crippen LogP) is 4.48. The molecule has 31 heavy (non-hydrogen) atoms. The maximum atomic E-state index is 12.4. The van der Waals surface area contributed by atoms with Crippen LogP contribution in [0.3, 0.4) is 0 Å². The molecule has 170 valence electrons. The molecule has 2 aromatic rings. The number of halogens is 3. The molecule has 0 saturated carbocycles. The van der Waals surface area contributed by atoms with Gasteiger partial charge in [-0.05, 0) is 48.2 Å². The zero-order chi connectivity index (χ0) is 23.0. The Morgan fingerprint density at radius 1 is 1.10 bits per heavy atom. The van der Waals surface area contributed by atoms with E-state index in [-0.39, 0.29) is 6.54 Å². The van der Waals surface area contributed by atoms with E-state index in [0.29, 0.717) is 35.2 Å². The lowest BCUT2D eigenvalue weighted by molar-refractivity contribution is -0.274. The molecule has 0 aliphatic heterocycles. The molecule has 0 aliphatic rings. The largest absolute Gasteiger partial charge is 0.573 e. The van der Waals surface area contributed by atoms with Crippen LogP contribution >= 0.6 is 0 Å². The molecule has 2 N–H and O–H groups in total. The summed E-state index contributed by atoms with van der Waals surface area (Å²) in [6, 6.07) is 9.54. The molecule has 0 radical (unpaired) electrons. The summed E-state index contributed by atoms with van der Waals surface area (Å²) in [6.07, 6.45) is -5.01. The number of carbonyl (C=O) groups excluding carboxylic acids is 1. The quantitative estimate of drug-likeness (QED) is 0.569. The molecule has 0 spiro atoms. The third-order valence-corrected chi connectivity index (χ3v) is 4.33. The molecule has 0 heterocycles. The Morgan fingerprint density at radius 3 is 2.35 bits per heavy atom. The van der Waals surface area contributed by atoms with Crippen molar-refractivity contribution in [2.24, 2.45) is 5.92 Å². The van der Waals surface area contributed by atoms with Crippen molar-refractivity contribution in [1.29, 1.82) is 0 Å². The number of hydrogen-bond donors (Lipinski definition) is 2. The van der Waals surface area contributed by atoms with E-state index in [1.807, 2.05) is 0 Å². The van der Waals surface area contributed by atoms with Gasteiger partial charge in [-0.2, -0.15) is 0 Å². The number of ether oxygens (including phenoxy) is 3. The molecule has 1 amide bonds. The Bertz CT molecular complexity index is 853. The van der Waals surface area contributed by atoms with Crippen molar-refractivity contribution >= 4 is 5.91 Å². The molecule has 0 aliphatic carbocycles. The number of carbonyl (C=O) groups is 1. The highest BCUT2D eigenvalue weighted by atomic mass is 19.4. The van der Waals surface area contributed by atoms with Gasteiger partial charge in [-0.1, -0.05) is 26.0 Å². The molecular formula is C22H26F3NO5. The third-order valence-electron chi connectivity index (χ3n) is 4.33. The smallest absolute Gasteiger partial charge is 0.493 e. The van der Waals surface area contributed by atoms with Crippen LogP contribution in [0.25, 0.3) is 0 Å². The fraction of sp³-hybridized carbons (Fsp3) is 0.409. The average Bonchev–Trinajstić information content (AvgIpc) is 2.71. The maximum absolute atomic E-state index is 12.4. The highest BCUT2D eigenvalue weighted by molar-refractivity contribution is 5.94. The van der Waals surface area contributed by atoms with Gasteiger partial charge in [-0.3, -0.25) is 4.79 Å². The van der Waals surface area contributed by atoms with Gasteiger partial charge in [0, 0.05) is 12.1 Å². The number of alkyl halides is 3. The van der Waals surface area contributed by atoms with Crippen molar-refractivity contribution in [1.82, 2.24) is 5.32 Å². The van der Waals surface area contributed by atoms with E-state index in [1.54, 1.807) is 12.1 Å². The summed E-state index contributed by atoms with van der Waals surface area (Å²) in [6.45, 7) is 4.58. The van der Waals surface area contributed by atoms with E-state index in [1.165, 1.54) is 25.3 Å². The minimum absolute atomic E-state index is 0.132. The Labute approximate surface area is 178 Å². The normalized spacial score (nSPS) is 12.4. The Kier molecular flexibility index (Phi) is 8.56. The number of rotatable bonds is 10. The molecule has 0 saturated heterocycles. The second kappa shape index (κ2) is 10.9. The average molecular weight is 441 g/mol. The molecule has 0 bridgehead atoms. The highest BCUT2D eigenvalue weighted by Crippen LogP contribution is 2.29. The van der Waals surface area contributed by atoms with Gasteiger partial charge in [0.05, 0.1) is 19.8 Å². The van der Waals surface area contributed by atoms with Gasteiger partial charge in [-0.25, -0.2) is 0 Å². The van der Waals surface area contributed by atoms with Crippen molar-refractivity contribution < 1.29 is 37.3 Å². The topological polar surface area (TPSA) is 77.0 Å². The van der Waals surface area contributed by atoms with Crippen molar-refractivity contribution in [3.05, 3.63) is 53.6 Å². The maximum Gasteiger partial charge on any atom is 0.573 e. The van der Waals surface area contributed by atoms with Crippen LogP contribution in [0.5, 0.6) is 17.2 Å². The summed E-state index contributed by atoms with van der Waals surface area (Å²) in [5, 5.41) is 12.8. The van der Waals surface area contributed by atoms with Crippen LogP contribution in [0.15, 0.2) is 42.5 Å². The van der Waals surface area contributed by atoms with E-state index in [4.69, 9.17) is 9.47 Å². The number of nitrogens with one attached hydrogen (secondary N) is 1. The second-order valence-electron chi connectivity index (χ2n) is 7.24. The van der Waals surface area contributed by atoms with Crippen molar-refractivity contribution in [2.75, 3.05) is 20.3 Å². The van der Waals surface area contributed by atoms with Gasteiger partial charge in [-0.15, -0.1) is 13.2 Å². The minimum Gasteiger partial charge on any atom is -0.493 e. The van der Waals surface area contributed by atoms with Crippen molar-refractivity contribution in [3.63, 3.8) is 0 Å². The number of hydrogen-bond acceptors (Lipinski definition) is 5. The molecular weight excluding hydrogens is 415 g/mol. The van der Waals surface area contributed by atoms with Crippen LogP contribution in [-0.4, -0.2) is 37.6 Å². The molecule has 2 aromatic carbocycles. The lowest BCUT2D eigenvalue weighted by atomic mass is 10.1. The standard InChI is InChI=1S/C22H26F3NO5/c1-14(2)10-11-30-19-9-6-16(12-20(19)29-3)21(28)26-13-18(27)15-4-7-17(8-5-15)31-22(23,24)25/h4-9,12,14,18,27H,10-11,13H2,1-3H3,(H,26,28). The zero-order valence-corrected chi connectivity index (χ0v) is 17.5. The first-order valence-corrected chi connectivity index (χ1v) is 9.72. The number of aliphatic hydroxyl groups is 1. The summed E-state index contributed by atoms with van der Waals surface area (Å²) < 4.78 is 51.4. The SMILES string of the molecule is COc1cc(C(=O)NCC(O)c2ccc(OC(F)(F)F)cc2)ccc1OCCC(C)C. The van der Waals surface area contributed by atoms with E-state index in [0.717, 1.165) is 18.6 Å². The van der Waals surface area contributed by atoms with Gasteiger partial charge in [0.2, 0.25) is 0 Å². The summed E-state index contributed by atoms with van der Waals surface area (Å²) in [5.41, 5.74) is 0.649. The Balaban J connectivity index is 1.94. The second-order valence-corrected chi connectivity index (χ2v) is 7.24. The van der Waals surface area contributed by atoms with E-state index in [2.05, 4.69) is 23.9 Å². The third kappa shape index (κ3) is 8.01. The monoisotopic (exact) mass is 441 g/mol. The lowest BCUT2D eigenvalue weighted by Crippen LogP contribution is -2.28. The number of benzene rings is 2. The summed E-state index contributed by atoms with van der Waals surface area (Å²) in [7, 11) is 1.47. The number of amides is 1. The molecule has 9 heteroatoms. The van der Waals surface area contributed by atoms with Crippen LogP contribution in [-0.2, 0) is 0 Å². The summed E-state index contributed by atoms with van der Waals surface area (Å²) in [5.74, 6) is 0.604. The fourth-order valence-electron chi connectivity index (χ4n) is 2.63. The van der Waals surface area contributed by atoms with Crippen molar-refractivity contribution in [3.8, 4) is 17.2 Å². The van der Waals surface area contributed by atoms with Gasteiger partial charge in [0.25, 0.3) is 5.91 Å². The van der Waals surface area contributed by atoms with Crippen LogP contribution in [0, 0.1) is 5.92 Å². The molecule has 1 unspecified atom stereocenters. The van der Waals surface area contributed by atoms with Crippen molar-refractivity contribution in [2.45, 2.75) is 32.7 Å². The van der Waals surface area contributed by atoms with Crippen LogP contribution in [0.1, 0.15) is 42.3 Å². The van der Waals surface area contributed by atoms with Gasteiger partial charge >= 0.3 is 6.36 Å². The molecule has 2 rings (SSSR count). The van der Waals surface area contributed by atoms with Gasteiger partial charge < -0.3 is 24.6 Å². The zero-order valence-electron chi connectivity index (χ0n) is 17.5. The Morgan fingerprint density at radius 2 is 1.77 bits per heavy atom. The molecule has 1 atom stereocenters. The molecule has 0 fully saturated rings. The minimum atomic E-state index is -4.79. The van der Waals surface area contributed by atoms with Gasteiger partial charge in [0.1, 0.15) is 5.75 Å². The van der Waals surface area contributed by atoms with Crippen LogP contribution in [0.2, 0.25) is 0 Å². The summed E-state index contributed by atoms with van der Waals surface area (Å²) in [4.78, 5) is 12.4. The first-order valence-electron chi connectivity index (χ1n) is 9.72. The van der Waals surface area contributed by atoms with E-state index < -0.39 is 24.1 Å². The summed E-state index contributed by atoms with van der Waals surface area (Å²) >= 11 is 0. The van der Waals surface area contributed by atoms with Gasteiger partial charge in [0.15, 0.2) is 11.5 Å². The Hall–Kier alpha value is -2.94. The fourth-order valence-corrected chi connectivity index (χ4v) is 2.63. The van der Waals surface area contributed by atoms with E-state index in [9.17, 15) is 23.1 Å². The predicted molar refractivity (Wildman–Crippen MR) is 108 cm³/mol. The first-order chi connectivity index (χ1) is 14.6. The first kappa shape index (κ1) is 24.3. The molecule has 6 nitrogen and oxygen atoms in total. The lowest BCUT2D eigenvalue weighted by Gasteiger charge is -2.15. The van der Waals surface area contributed by atoms with Crippen LogP contribution < -0.4 is 19.5 Å². The number of aliphatic hydroxyl groups excluding tert-OH is 1. The number of methoxy groups -OCH3 is 1. The highest BCUT2D eigenvalue weighted by Gasteiger charge is 2.31. The molecule has 0 aromatic heterocycles. The van der Waals surface area contributed by atoms with E-state index >= 15 is 0 Å².